The molecule has 23 heavy (non-hydrogen) atoms. The first-order valence-electron chi connectivity index (χ1n) is 7.06. The van der Waals surface area contributed by atoms with Crippen molar-refractivity contribution in [3.63, 3.8) is 0 Å². The molecular weight excluding hydrogens is 315 g/mol. The summed E-state index contributed by atoms with van der Waals surface area (Å²) in [5.74, 6) is 0.724. The second-order valence-electron chi connectivity index (χ2n) is 5.21. The summed E-state index contributed by atoms with van der Waals surface area (Å²) in [4.78, 5) is 17.7. The van der Waals surface area contributed by atoms with Crippen LogP contribution in [0.25, 0.3) is 11.3 Å². The molecule has 0 spiro atoms. The van der Waals surface area contributed by atoms with Crippen molar-refractivity contribution in [2.75, 3.05) is 5.32 Å². The van der Waals surface area contributed by atoms with Gasteiger partial charge in [-0.3, -0.25) is 10.1 Å². The van der Waals surface area contributed by atoms with E-state index in [0.29, 0.717) is 22.2 Å². The van der Waals surface area contributed by atoms with Crippen molar-refractivity contribution in [2.45, 2.75) is 20.8 Å². The fraction of sp³-hybridized carbons (Fsp3) is 0.176. The van der Waals surface area contributed by atoms with E-state index < -0.39 is 0 Å². The lowest BCUT2D eigenvalue weighted by molar-refractivity contribution is 0.102. The molecule has 2 heterocycles. The third-order valence-electron chi connectivity index (χ3n) is 3.42. The number of furan rings is 1. The largest absolute Gasteiger partial charge is 0.466 e. The molecule has 0 saturated heterocycles. The third kappa shape index (κ3) is 3.17. The Labute approximate surface area is 137 Å². The van der Waals surface area contributed by atoms with Crippen molar-refractivity contribution in [1.82, 2.24) is 4.98 Å². The van der Waals surface area contributed by atoms with E-state index in [0.717, 1.165) is 16.1 Å². The fourth-order valence-electron chi connectivity index (χ4n) is 2.35. The first kappa shape index (κ1) is 15.4. The first-order chi connectivity index (χ1) is 10.9. The summed E-state index contributed by atoms with van der Waals surface area (Å²) < 4.78 is 18.4. The van der Waals surface area contributed by atoms with Crippen LogP contribution in [0, 0.1) is 26.6 Å². The maximum Gasteiger partial charge on any atom is 0.260 e. The minimum absolute atomic E-state index is 0.251. The average molecular weight is 330 g/mol. The smallest absolute Gasteiger partial charge is 0.260 e. The first-order valence-corrected chi connectivity index (χ1v) is 7.87. The number of halogens is 1. The molecule has 1 amide bonds. The zero-order valence-corrected chi connectivity index (χ0v) is 13.8. The summed E-state index contributed by atoms with van der Waals surface area (Å²) in [6, 6.07) is 7.83. The number of amides is 1. The van der Waals surface area contributed by atoms with Crippen LogP contribution < -0.4 is 5.32 Å². The lowest BCUT2D eigenvalue weighted by Gasteiger charge is -2.00. The summed E-state index contributed by atoms with van der Waals surface area (Å²) in [6.07, 6.45) is 0. The van der Waals surface area contributed by atoms with Crippen LogP contribution in [0.3, 0.4) is 0 Å². The molecule has 118 valence electrons. The van der Waals surface area contributed by atoms with Crippen LogP contribution in [-0.4, -0.2) is 10.9 Å². The van der Waals surface area contributed by atoms with Crippen LogP contribution in [0.4, 0.5) is 9.52 Å². The maximum atomic E-state index is 13.0. The zero-order chi connectivity index (χ0) is 16.6. The second-order valence-corrected chi connectivity index (χ2v) is 6.41. The highest BCUT2D eigenvalue weighted by atomic mass is 32.1. The van der Waals surface area contributed by atoms with Gasteiger partial charge in [0.1, 0.15) is 17.3 Å². The molecule has 0 saturated carbocycles. The molecule has 0 aliphatic heterocycles. The number of nitrogens with zero attached hydrogens (tertiary/aromatic N) is 1. The molecule has 1 aromatic carbocycles. The van der Waals surface area contributed by atoms with Crippen molar-refractivity contribution >= 4 is 22.4 Å². The highest BCUT2D eigenvalue weighted by molar-refractivity contribution is 7.16. The van der Waals surface area contributed by atoms with Gasteiger partial charge >= 0.3 is 0 Å². The Morgan fingerprint density at radius 2 is 1.91 bits per heavy atom. The lowest BCUT2D eigenvalue weighted by atomic mass is 10.1. The normalized spacial score (nSPS) is 10.8. The molecule has 6 heteroatoms. The van der Waals surface area contributed by atoms with Crippen LogP contribution in [-0.2, 0) is 0 Å². The van der Waals surface area contributed by atoms with Crippen LogP contribution in [0.5, 0.6) is 0 Å². The Morgan fingerprint density at radius 1 is 1.22 bits per heavy atom. The van der Waals surface area contributed by atoms with Gasteiger partial charge in [0, 0.05) is 10.4 Å². The van der Waals surface area contributed by atoms with Crippen molar-refractivity contribution in [1.29, 1.82) is 0 Å². The van der Waals surface area contributed by atoms with Gasteiger partial charge in [-0.2, -0.15) is 0 Å². The van der Waals surface area contributed by atoms with Crippen molar-refractivity contribution < 1.29 is 13.6 Å². The van der Waals surface area contributed by atoms with E-state index in [1.54, 1.807) is 32.0 Å². The van der Waals surface area contributed by atoms with Gasteiger partial charge in [0.05, 0.1) is 11.3 Å². The number of thiazole rings is 1. The highest BCUT2D eigenvalue weighted by Gasteiger charge is 2.17. The van der Waals surface area contributed by atoms with E-state index in [-0.39, 0.29) is 11.7 Å². The standard InChI is InChI=1S/C17H15FN2O2S/c1-9-8-14(10(2)22-9)16(21)20-17-19-15(11(3)23-17)12-4-6-13(18)7-5-12/h4-8H,1-3H3,(H,19,20,21). The van der Waals surface area contributed by atoms with Crippen molar-refractivity contribution in [3.8, 4) is 11.3 Å². The SMILES string of the molecule is Cc1cc(C(=O)Nc2nc(-c3ccc(F)cc3)c(C)s2)c(C)o1. The van der Waals surface area contributed by atoms with Gasteiger partial charge in [0.15, 0.2) is 5.13 Å². The summed E-state index contributed by atoms with van der Waals surface area (Å²) in [5.41, 5.74) is 2.06. The maximum absolute atomic E-state index is 13.0. The highest BCUT2D eigenvalue weighted by Crippen LogP contribution is 2.31. The Morgan fingerprint density at radius 3 is 2.52 bits per heavy atom. The predicted octanol–water partition coefficient (Wildman–Crippen LogP) is 4.72. The predicted molar refractivity (Wildman–Crippen MR) is 88.4 cm³/mol. The molecule has 1 N–H and O–H groups in total. The average Bonchev–Trinajstić information content (AvgIpc) is 3.02. The minimum atomic E-state index is -0.291. The van der Waals surface area contributed by atoms with E-state index in [4.69, 9.17) is 4.42 Å². The van der Waals surface area contributed by atoms with Gasteiger partial charge < -0.3 is 4.42 Å². The van der Waals surface area contributed by atoms with Crippen LogP contribution in [0.1, 0.15) is 26.8 Å². The molecular formula is C17H15FN2O2S. The molecule has 4 nitrogen and oxygen atoms in total. The molecule has 0 fully saturated rings. The minimum Gasteiger partial charge on any atom is -0.466 e. The van der Waals surface area contributed by atoms with Crippen molar-refractivity contribution in [3.05, 3.63) is 58.1 Å². The van der Waals surface area contributed by atoms with E-state index in [1.165, 1.54) is 23.5 Å². The number of carbonyl (C=O) groups excluding carboxylic acids is 1. The van der Waals surface area contributed by atoms with Gasteiger partial charge in [-0.15, -0.1) is 11.3 Å². The zero-order valence-electron chi connectivity index (χ0n) is 12.9. The third-order valence-corrected chi connectivity index (χ3v) is 4.31. The van der Waals surface area contributed by atoms with Gasteiger partial charge in [0.25, 0.3) is 5.91 Å². The van der Waals surface area contributed by atoms with E-state index in [2.05, 4.69) is 10.3 Å². The summed E-state index contributed by atoms with van der Waals surface area (Å²) in [6.45, 7) is 5.46. The molecule has 2 aromatic heterocycles. The molecule has 0 unspecified atom stereocenters. The van der Waals surface area contributed by atoms with Crippen LogP contribution >= 0.6 is 11.3 Å². The van der Waals surface area contributed by atoms with Crippen LogP contribution in [0.2, 0.25) is 0 Å². The number of anilines is 1. The number of rotatable bonds is 3. The van der Waals surface area contributed by atoms with Gasteiger partial charge in [-0.05, 0) is 51.1 Å². The number of aromatic nitrogens is 1. The van der Waals surface area contributed by atoms with E-state index >= 15 is 0 Å². The Hall–Kier alpha value is -2.47. The number of hydrogen-bond donors (Lipinski definition) is 1. The Kier molecular flexibility index (Phi) is 4.00. The molecule has 3 aromatic rings. The molecule has 3 rings (SSSR count). The fourth-order valence-corrected chi connectivity index (χ4v) is 3.18. The molecule has 0 aliphatic rings. The molecule has 0 atom stereocenters. The summed E-state index contributed by atoms with van der Waals surface area (Å²) in [5, 5.41) is 3.29. The Bertz CT molecular complexity index is 865. The molecule has 0 bridgehead atoms. The quantitative estimate of drug-likeness (QED) is 0.756. The molecule has 0 aliphatic carbocycles. The monoisotopic (exact) mass is 330 g/mol. The van der Waals surface area contributed by atoms with Gasteiger partial charge in [-0.25, -0.2) is 9.37 Å². The number of nitrogens with one attached hydrogen (secondary N) is 1. The number of hydrogen-bond acceptors (Lipinski definition) is 4. The topological polar surface area (TPSA) is 55.1 Å². The van der Waals surface area contributed by atoms with Crippen LogP contribution in [0.15, 0.2) is 34.7 Å². The summed E-state index contributed by atoms with van der Waals surface area (Å²) >= 11 is 1.38. The van der Waals surface area contributed by atoms with Gasteiger partial charge in [-0.1, -0.05) is 0 Å². The second kappa shape index (κ2) is 5.96. The number of carbonyl (C=O) groups is 1. The number of aryl methyl sites for hydroxylation is 3. The summed E-state index contributed by atoms with van der Waals surface area (Å²) in [7, 11) is 0. The van der Waals surface area contributed by atoms with Crippen molar-refractivity contribution in [2.24, 2.45) is 0 Å². The lowest BCUT2D eigenvalue weighted by Crippen LogP contribution is -2.11. The molecule has 0 radical (unpaired) electrons. The van der Waals surface area contributed by atoms with E-state index in [1.807, 2.05) is 6.92 Å². The van der Waals surface area contributed by atoms with E-state index in [9.17, 15) is 9.18 Å². The van der Waals surface area contributed by atoms with Gasteiger partial charge in [0.2, 0.25) is 0 Å². The Balaban J connectivity index is 1.85. The number of benzene rings is 1.